The Morgan fingerprint density at radius 3 is 1.88 bits per heavy atom. The first-order chi connectivity index (χ1) is 19.8. The summed E-state index contributed by atoms with van der Waals surface area (Å²) in [6.45, 7) is 0.728. The van der Waals surface area contributed by atoms with Crippen LogP contribution in [0.3, 0.4) is 0 Å². The van der Waals surface area contributed by atoms with E-state index in [0.29, 0.717) is 31.6 Å². The van der Waals surface area contributed by atoms with Crippen molar-refractivity contribution in [3.63, 3.8) is 0 Å². The van der Waals surface area contributed by atoms with Crippen molar-refractivity contribution >= 4 is 5.91 Å². The topological polar surface area (TPSA) is 32.8 Å². The molecule has 3 aromatic rings. The smallest absolute Gasteiger partial charge is 0.372 e. The molecule has 0 aromatic heterocycles. The molecule has 6 rings (SSSR count). The minimum absolute atomic E-state index is 0.0776. The number of rotatable bonds is 7. The van der Waals surface area contributed by atoms with Crippen LogP contribution in [0.5, 0.6) is 0 Å². The average molecular weight is 591 g/mol. The molecule has 5 atom stereocenters. The quantitative estimate of drug-likeness (QED) is 0.282. The highest BCUT2D eigenvalue weighted by atomic mass is 19.4. The third-order valence-corrected chi connectivity index (χ3v) is 8.38. The molecule has 0 saturated carbocycles. The van der Waals surface area contributed by atoms with Crippen LogP contribution in [0.2, 0.25) is 0 Å². The van der Waals surface area contributed by atoms with E-state index in [1.165, 1.54) is 4.90 Å². The van der Waals surface area contributed by atoms with Gasteiger partial charge >= 0.3 is 12.4 Å². The van der Waals surface area contributed by atoms with Crippen LogP contribution in [0.1, 0.15) is 40.2 Å². The predicted molar refractivity (Wildman–Crippen MR) is 145 cm³/mol. The molecule has 4 nitrogen and oxygen atoms in total. The van der Waals surface area contributed by atoms with Crippen molar-refractivity contribution in [2.75, 3.05) is 27.2 Å². The van der Waals surface area contributed by atoms with Gasteiger partial charge in [-0.15, -0.1) is 0 Å². The number of hydrogen-bond acceptors (Lipinski definition) is 3. The summed E-state index contributed by atoms with van der Waals surface area (Å²) < 4.78 is 87.7. The lowest BCUT2D eigenvalue weighted by atomic mass is 9.67. The number of alkyl halides is 6. The third-order valence-electron chi connectivity index (χ3n) is 8.38. The molecule has 224 valence electrons. The van der Waals surface area contributed by atoms with Crippen molar-refractivity contribution in [1.82, 2.24) is 9.80 Å². The van der Waals surface area contributed by atoms with Gasteiger partial charge in [-0.05, 0) is 47.9 Å². The van der Waals surface area contributed by atoms with Crippen LogP contribution in [-0.4, -0.2) is 55.0 Å². The van der Waals surface area contributed by atoms with Gasteiger partial charge in [0.05, 0.1) is 29.8 Å². The van der Waals surface area contributed by atoms with Crippen molar-refractivity contribution in [2.45, 2.75) is 43.4 Å². The van der Waals surface area contributed by atoms with Gasteiger partial charge in [-0.3, -0.25) is 9.69 Å². The maximum Gasteiger partial charge on any atom is 0.416 e. The molecule has 10 heteroatoms. The van der Waals surface area contributed by atoms with Crippen LogP contribution < -0.4 is 0 Å². The minimum atomic E-state index is -4.96. The number of carbonyl (C=O) groups is 1. The highest BCUT2D eigenvalue weighted by molar-refractivity contribution is 5.79. The highest BCUT2D eigenvalue weighted by Gasteiger charge is 2.53. The van der Waals surface area contributed by atoms with Gasteiger partial charge in [-0.25, -0.2) is 0 Å². The van der Waals surface area contributed by atoms with Gasteiger partial charge in [-0.2, -0.15) is 26.3 Å². The second kappa shape index (κ2) is 11.7. The van der Waals surface area contributed by atoms with E-state index in [1.807, 2.05) is 60.7 Å². The molecule has 0 aliphatic carbocycles. The molecular weight excluding hydrogens is 558 g/mol. The van der Waals surface area contributed by atoms with Crippen molar-refractivity contribution in [2.24, 2.45) is 11.8 Å². The monoisotopic (exact) mass is 590 g/mol. The Hall–Kier alpha value is -3.37. The normalized spacial score (nSPS) is 24.2. The fourth-order valence-corrected chi connectivity index (χ4v) is 6.54. The number of carbonyl (C=O) groups excluding carboxylic acids is 1. The first-order valence-electron chi connectivity index (χ1n) is 13.8. The number of benzene rings is 3. The van der Waals surface area contributed by atoms with Crippen LogP contribution in [0.4, 0.5) is 26.3 Å². The van der Waals surface area contributed by atoms with E-state index in [1.54, 1.807) is 14.1 Å². The Labute approximate surface area is 240 Å². The van der Waals surface area contributed by atoms with Crippen LogP contribution in [-0.2, 0) is 28.5 Å². The molecule has 1 amide bonds. The van der Waals surface area contributed by atoms with E-state index in [2.05, 4.69) is 4.90 Å². The van der Waals surface area contributed by atoms with Gasteiger partial charge in [0, 0.05) is 38.5 Å². The maximum absolute atomic E-state index is 13.6. The highest BCUT2D eigenvalue weighted by Crippen LogP contribution is 2.46. The number of amides is 1. The number of nitrogens with zero attached hydrogens (tertiary/aromatic N) is 2. The Bertz CT molecular complexity index is 1310. The second-order valence-electron chi connectivity index (χ2n) is 11.3. The Kier molecular flexibility index (Phi) is 8.40. The molecular formula is C32H32F6N2O2. The zero-order valence-electron chi connectivity index (χ0n) is 23.2. The summed E-state index contributed by atoms with van der Waals surface area (Å²) in [6.07, 6.45) is -9.92. The predicted octanol–water partition coefficient (Wildman–Crippen LogP) is 6.85. The molecule has 0 spiro atoms. The molecule has 3 fully saturated rings. The largest absolute Gasteiger partial charge is 0.416 e. The molecule has 0 radical (unpaired) electrons. The summed E-state index contributed by atoms with van der Waals surface area (Å²) >= 11 is 0. The lowest BCUT2D eigenvalue weighted by Crippen LogP contribution is -2.66. The van der Waals surface area contributed by atoms with Crippen LogP contribution in [0, 0.1) is 11.8 Å². The van der Waals surface area contributed by atoms with E-state index >= 15 is 0 Å². The summed E-state index contributed by atoms with van der Waals surface area (Å²) in [5.74, 6) is -0.957. The molecule has 3 saturated heterocycles. The van der Waals surface area contributed by atoms with E-state index in [-0.39, 0.29) is 35.4 Å². The Morgan fingerprint density at radius 2 is 1.40 bits per heavy atom. The van der Waals surface area contributed by atoms with Crippen LogP contribution in [0.15, 0.2) is 78.9 Å². The Morgan fingerprint density at radius 1 is 0.881 bits per heavy atom. The third kappa shape index (κ3) is 6.20. The Balaban J connectivity index is 1.56. The van der Waals surface area contributed by atoms with Crippen molar-refractivity contribution in [1.29, 1.82) is 0 Å². The first kappa shape index (κ1) is 30.1. The fraction of sp³-hybridized carbons (Fsp3) is 0.406. The molecule has 1 unspecified atom stereocenters. The van der Waals surface area contributed by atoms with Gasteiger partial charge in [0.2, 0.25) is 5.91 Å². The second-order valence-corrected chi connectivity index (χ2v) is 11.3. The fourth-order valence-electron chi connectivity index (χ4n) is 6.54. The van der Waals surface area contributed by atoms with Gasteiger partial charge in [0.25, 0.3) is 0 Å². The van der Waals surface area contributed by atoms with Gasteiger partial charge in [-0.1, -0.05) is 60.7 Å². The van der Waals surface area contributed by atoms with Crippen LogP contribution in [0.25, 0.3) is 0 Å². The number of hydrogen-bond donors (Lipinski definition) is 0. The van der Waals surface area contributed by atoms with Crippen molar-refractivity contribution in [3.05, 3.63) is 107 Å². The van der Waals surface area contributed by atoms with E-state index < -0.39 is 42.1 Å². The zero-order valence-corrected chi connectivity index (χ0v) is 23.2. The summed E-state index contributed by atoms with van der Waals surface area (Å²) in [7, 11) is 3.34. The van der Waals surface area contributed by atoms with Gasteiger partial charge < -0.3 is 9.64 Å². The molecule has 3 aliphatic heterocycles. The van der Waals surface area contributed by atoms with Crippen molar-refractivity contribution < 1.29 is 35.9 Å². The summed E-state index contributed by atoms with van der Waals surface area (Å²) in [5, 5.41) is 0. The number of halogens is 6. The minimum Gasteiger partial charge on any atom is -0.372 e. The first-order valence-corrected chi connectivity index (χ1v) is 13.8. The molecule has 3 aromatic carbocycles. The standard InChI is InChI=1S/C32H32F6N2O2/c1-39(2)30(41)26-18-40-14-13-25(26)29(28(40)27(21-9-5-3-6-10-21)22-11-7-4-8-12-22)42-19-20-15-23(31(33,34)35)17-24(16-20)32(36,37)38/h3-12,15-17,25-29H,13-14,18-19H2,1-2H3/t25-,26+,28-,29-/m0/s1. The van der Waals surface area contributed by atoms with E-state index in [0.717, 1.165) is 11.1 Å². The lowest BCUT2D eigenvalue weighted by molar-refractivity contribution is -0.166. The number of piperidine rings is 3. The number of fused-ring (bicyclic) bond motifs is 3. The van der Waals surface area contributed by atoms with Gasteiger partial charge in [0.15, 0.2) is 0 Å². The summed E-state index contributed by atoms with van der Waals surface area (Å²) in [6, 6.07) is 20.8. The average Bonchev–Trinajstić information content (AvgIpc) is 2.96. The summed E-state index contributed by atoms with van der Waals surface area (Å²) in [5.41, 5.74) is -0.978. The molecule has 3 heterocycles. The lowest BCUT2D eigenvalue weighted by Gasteiger charge is -2.56. The van der Waals surface area contributed by atoms with Gasteiger partial charge in [0.1, 0.15) is 0 Å². The zero-order chi connectivity index (χ0) is 30.2. The molecule has 2 bridgehead atoms. The molecule has 42 heavy (non-hydrogen) atoms. The molecule has 3 aliphatic rings. The van der Waals surface area contributed by atoms with Crippen molar-refractivity contribution in [3.8, 4) is 0 Å². The van der Waals surface area contributed by atoms with E-state index in [9.17, 15) is 31.1 Å². The summed E-state index contributed by atoms with van der Waals surface area (Å²) in [4.78, 5) is 17.0. The SMILES string of the molecule is CN(C)C(=O)[C@@H]1CN2CC[C@@H]1[C@H](OCc1cc(C(F)(F)F)cc(C(F)(F)F)c1)[C@@H]2C(c1ccccc1)c1ccccc1. The molecule has 0 N–H and O–H groups in total. The maximum atomic E-state index is 13.6. The van der Waals surface area contributed by atoms with Crippen LogP contribution >= 0.6 is 0 Å². The number of ether oxygens (including phenoxy) is 1. The van der Waals surface area contributed by atoms with E-state index in [4.69, 9.17) is 4.74 Å².